The molecule has 3 aliphatic rings. The third-order valence-electron chi connectivity index (χ3n) is 4.08. The lowest BCUT2D eigenvalue weighted by Gasteiger charge is -2.34. The summed E-state index contributed by atoms with van der Waals surface area (Å²) in [4.78, 5) is 2.73. The summed E-state index contributed by atoms with van der Waals surface area (Å²) in [7, 11) is 0. The van der Waals surface area contributed by atoms with Crippen molar-refractivity contribution in [2.24, 2.45) is 5.11 Å². The third kappa shape index (κ3) is 2.59. The zero-order chi connectivity index (χ0) is 16.2. The molecule has 0 unspecified atom stereocenters. The van der Waals surface area contributed by atoms with Crippen molar-refractivity contribution in [1.82, 2.24) is 0 Å². The smallest absolute Gasteiger partial charge is 0.190 e. The van der Waals surface area contributed by atoms with E-state index in [1.54, 1.807) is 27.7 Å². The average molecular weight is 315 g/mol. The molecular weight excluding hydrogens is 294 g/mol. The van der Waals surface area contributed by atoms with Crippen LogP contribution < -0.4 is 0 Å². The fraction of sp³-hybridized carbons (Fsp3) is 1.00. The van der Waals surface area contributed by atoms with Crippen molar-refractivity contribution < 1.29 is 28.8 Å². The van der Waals surface area contributed by atoms with Gasteiger partial charge in [0.25, 0.3) is 0 Å². The van der Waals surface area contributed by atoms with Crippen molar-refractivity contribution in [2.45, 2.75) is 69.5 Å². The maximum atomic E-state index is 11.1. The third-order valence-corrected chi connectivity index (χ3v) is 4.08. The lowest BCUT2D eigenvalue weighted by Crippen LogP contribution is -2.56. The van der Waals surface area contributed by atoms with Gasteiger partial charge in [0.2, 0.25) is 0 Å². The Hall–Kier alpha value is -0.930. The van der Waals surface area contributed by atoms with E-state index >= 15 is 0 Å². The monoisotopic (exact) mass is 315 g/mol. The van der Waals surface area contributed by atoms with E-state index in [0.717, 1.165) is 0 Å². The summed E-state index contributed by atoms with van der Waals surface area (Å²) in [6, 6.07) is 0. The van der Waals surface area contributed by atoms with Crippen LogP contribution in [0.2, 0.25) is 0 Å². The number of ether oxygens (including phenoxy) is 5. The van der Waals surface area contributed by atoms with E-state index in [9.17, 15) is 5.11 Å². The SMILES string of the molecule is CC1(C)OC[C@H]([C@H]2O[C@@H]3OC(C)(C)O[C@@H]3[C@@]2(O)CN=[N+]=[N-])O1. The molecule has 0 saturated carbocycles. The van der Waals surface area contributed by atoms with Gasteiger partial charge in [-0.1, -0.05) is 5.11 Å². The Morgan fingerprint density at radius 1 is 1.14 bits per heavy atom. The van der Waals surface area contributed by atoms with E-state index in [1.807, 2.05) is 0 Å². The molecule has 3 heterocycles. The highest BCUT2D eigenvalue weighted by atomic mass is 16.8. The van der Waals surface area contributed by atoms with Gasteiger partial charge in [-0.15, -0.1) is 0 Å². The molecule has 3 fully saturated rings. The van der Waals surface area contributed by atoms with Gasteiger partial charge in [-0.05, 0) is 33.2 Å². The maximum absolute atomic E-state index is 11.1. The second-order valence-electron chi connectivity index (χ2n) is 6.73. The lowest BCUT2D eigenvalue weighted by molar-refractivity contribution is -0.246. The summed E-state index contributed by atoms with van der Waals surface area (Å²) < 4.78 is 28.5. The molecule has 0 spiro atoms. The summed E-state index contributed by atoms with van der Waals surface area (Å²) in [5, 5.41) is 14.6. The molecule has 0 aliphatic carbocycles. The molecule has 1 N–H and O–H groups in total. The Labute approximate surface area is 128 Å². The second kappa shape index (κ2) is 5.04. The fourth-order valence-electron chi connectivity index (χ4n) is 3.19. The predicted molar refractivity (Wildman–Crippen MR) is 72.6 cm³/mol. The zero-order valence-electron chi connectivity index (χ0n) is 13.1. The Morgan fingerprint density at radius 3 is 2.45 bits per heavy atom. The van der Waals surface area contributed by atoms with E-state index in [4.69, 9.17) is 29.2 Å². The number of fused-ring (bicyclic) bond motifs is 1. The minimum absolute atomic E-state index is 0.199. The van der Waals surface area contributed by atoms with Crippen LogP contribution in [0, 0.1) is 0 Å². The van der Waals surface area contributed by atoms with Crippen molar-refractivity contribution in [1.29, 1.82) is 0 Å². The van der Waals surface area contributed by atoms with Crippen molar-refractivity contribution in [3.63, 3.8) is 0 Å². The van der Waals surface area contributed by atoms with Crippen molar-refractivity contribution in [3.05, 3.63) is 10.4 Å². The number of aliphatic hydroxyl groups is 1. The summed E-state index contributed by atoms with van der Waals surface area (Å²) in [5.74, 6) is -1.64. The number of hydrogen-bond donors (Lipinski definition) is 1. The van der Waals surface area contributed by atoms with Gasteiger partial charge in [-0.2, -0.15) is 0 Å². The Morgan fingerprint density at radius 2 is 1.86 bits per heavy atom. The van der Waals surface area contributed by atoms with Crippen LogP contribution in [-0.2, 0) is 23.7 Å². The molecule has 0 aromatic carbocycles. The molecule has 5 atom stereocenters. The second-order valence-corrected chi connectivity index (χ2v) is 6.73. The number of hydrogen-bond acceptors (Lipinski definition) is 7. The van der Waals surface area contributed by atoms with Gasteiger partial charge in [-0.3, -0.25) is 0 Å². The molecule has 0 aromatic rings. The van der Waals surface area contributed by atoms with Crippen LogP contribution in [0.1, 0.15) is 27.7 Å². The quantitative estimate of drug-likeness (QED) is 0.473. The molecule has 0 bridgehead atoms. The zero-order valence-corrected chi connectivity index (χ0v) is 13.1. The van der Waals surface area contributed by atoms with Crippen LogP contribution in [0.4, 0.5) is 0 Å². The minimum atomic E-state index is -1.54. The predicted octanol–water partition coefficient (Wildman–Crippen LogP) is 1.06. The molecule has 0 radical (unpaired) electrons. The topological polar surface area (TPSA) is 115 Å². The Kier molecular flexibility index (Phi) is 3.65. The molecule has 3 rings (SSSR count). The molecule has 9 nitrogen and oxygen atoms in total. The van der Waals surface area contributed by atoms with Gasteiger partial charge in [0, 0.05) is 4.91 Å². The minimum Gasteiger partial charge on any atom is -0.384 e. The first-order chi connectivity index (χ1) is 10.2. The first-order valence-electron chi connectivity index (χ1n) is 7.23. The van der Waals surface area contributed by atoms with Gasteiger partial charge >= 0.3 is 0 Å². The molecule has 124 valence electrons. The largest absolute Gasteiger partial charge is 0.384 e. The molecule has 22 heavy (non-hydrogen) atoms. The highest BCUT2D eigenvalue weighted by molar-refractivity contribution is 5.09. The fourth-order valence-corrected chi connectivity index (χ4v) is 3.19. The normalized spacial score (nSPS) is 45.5. The van der Waals surface area contributed by atoms with Crippen LogP contribution in [-0.4, -0.2) is 60.0 Å². The molecule has 0 amide bonds. The van der Waals surface area contributed by atoms with Crippen LogP contribution in [0.3, 0.4) is 0 Å². The van der Waals surface area contributed by atoms with Gasteiger partial charge in [0.15, 0.2) is 17.9 Å². The molecule has 0 aromatic heterocycles. The molecule has 3 saturated heterocycles. The summed E-state index contributed by atoms with van der Waals surface area (Å²) in [6.45, 7) is 7.09. The van der Waals surface area contributed by atoms with Crippen molar-refractivity contribution in [3.8, 4) is 0 Å². The Bertz CT molecular complexity index is 506. The van der Waals surface area contributed by atoms with E-state index in [0.29, 0.717) is 0 Å². The Balaban J connectivity index is 1.86. The molecule has 3 aliphatic heterocycles. The van der Waals surface area contributed by atoms with E-state index in [2.05, 4.69) is 10.0 Å². The maximum Gasteiger partial charge on any atom is 0.190 e. The van der Waals surface area contributed by atoms with Gasteiger partial charge in [0.05, 0.1) is 13.2 Å². The van der Waals surface area contributed by atoms with E-state index in [1.165, 1.54) is 0 Å². The summed E-state index contributed by atoms with van der Waals surface area (Å²) in [5.41, 5.74) is 7.05. The van der Waals surface area contributed by atoms with Crippen LogP contribution in [0.25, 0.3) is 10.4 Å². The standard InChI is InChI=1S/C13H21N3O6/c1-11(2)18-5-7(20-11)8-13(17,6-15-16-14)9-10(19-8)22-12(3,4)21-9/h7-10,17H,5-6H2,1-4H3/t7-,8-,9+,10-,13-/m1/s1. The van der Waals surface area contributed by atoms with Crippen LogP contribution in [0.5, 0.6) is 0 Å². The number of azide groups is 1. The highest BCUT2D eigenvalue weighted by Gasteiger charge is 2.65. The molecule has 9 heteroatoms. The average Bonchev–Trinajstić information content (AvgIpc) is 2.99. The van der Waals surface area contributed by atoms with E-state index < -0.39 is 41.8 Å². The van der Waals surface area contributed by atoms with Gasteiger partial charge in [-0.25, -0.2) is 0 Å². The van der Waals surface area contributed by atoms with E-state index in [-0.39, 0.29) is 13.2 Å². The van der Waals surface area contributed by atoms with Crippen molar-refractivity contribution >= 4 is 0 Å². The van der Waals surface area contributed by atoms with Crippen LogP contribution >= 0.6 is 0 Å². The summed E-state index contributed by atoms with van der Waals surface area (Å²) in [6.07, 6.45) is -2.78. The van der Waals surface area contributed by atoms with Crippen LogP contribution in [0.15, 0.2) is 5.11 Å². The van der Waals surface area contributed by atoms with Crippen molar-refractivity contribution in [2.75, 3.05) is 13.2 Å². The van der Waals surface area contributed by atoms with Gasteiger partial charge in [0.1, 0.15) is 23.9 Å². The van der Waals surface area contributed by atoms with Gasteiger partial charge < -0.3 is 28.8 Å². The lowest BCUT2D eigenvalue weighted by atomic mass is 9.89. The molecular formula is C13H21N3O6. The number of nitrogens with zero attached hydrogens (tertiary/aromatic N) is 3. The first-order valence-corrected chi connectivity index (χ1v) is 7.23. The summed E-state index contributed by atoms with van der Waals surface area (Å²) >= 11 is 0. The number of rotatable bonds is 3. The first kappa shape index (κ1) is 15.9. The highest BCUT2D eigenvalue weighted by Crippen LogP contribution is 2.46.